The molecule has 92 valence electrons. The second-order valence-electron chi connectivity index (χ2n) is 5.12. The van der Waals surface area contributed by atoms with E-state index in [1.54, 1.807) is 12.4 Å². The first-order chi connectivity index (χ1) is 8.12. The van der Waals surface area contributed by atoms with Crippen molar-refractivity contribution in [1.29, 1.82) is 0 Å². The van der Waals surface area contributed by atoms with Crippen molar-refractivity contribution in [1.82, 2.24) is 19.6 Å². The van der Waals surface area contributed by atoms with E-state index in [0.717, 1.165) is 37.3 Å². The maximum Gasteiger partial charge on any atom is 0.179 e. The molecule has 0 unspecified atom stereocenters. The Labute approximate surface area is 101 Å². The predicted octanol–water partition coefficient (Wildman–Crippen LogP) is 1.43. The fourth-order valence-electron chi connectivity index (χ4n) is 1.94. The van der Waals surface area contributed by atoms with E-state index in [1.165, 1.54) is 0 Å². The van der Waals surface area contributed by atoms with Crippen LogP contribution in [-0.4, -0.2) is 26.1 Å². The van der Waals surface area contributed by atoms with E-state index in [0.29, 0.717) is 0 Å². The number of aryl methyl sites for hydroxylation is 1. The molecular formula is C12H19N5. The highest BCUT2D eigenvalue weighted by atomic mass is 15.2. The molecule has 0 saturated carbocycles. The number of fused-ring (bicyclic) bond motifs is 1. The van der Waals surface area contributed by atoms with Crippen molar-refractivity contribution < 1.29 is 0 Å². The van der Waals surface area contributed by atoms with E-state index in [9.17, 15) is 0 Å². The van der Waals surface area contributed by atoms with Gasteiger partial charge in [0.2, 0.25) is 0 Å². The van der Waals surface area contributed by atoms with Gasteiger partial charge in [0, 0.05) is 18.8 Å². The third-order valence-corrected chi connectivity index (χ3v) is 3.13. The Morgan fingerprint density at radius 1 is 1.29 bits per heavy atom. The molecule has 2 heterocycles. The molecule has 0 atom stereocenters. The second-order valence-corrected chi connectivity index (χ2v) is 5.12. The Bertz CT molecular complexity index is 488. The summed E-state index contributed by atoms with van der Waals surface area (Å²) < 4.78 is 1.99. The molecule has 5 heteroatoms. The van der Waals surface area contributed by atoms with Crippen molar-refractivity contribution in [2.45, 2.75) is 33.1 Å². The molecule has 0 fully saturated rings. The number of rotatable bonds is 5. The second kappa shape index (κ2) is 4.79. The van der Waals surface area contributed by atoms with E-state index < -0.39 is 0 Å². The molecule has 0 saturated heterocycles. The van der Waals surface area contributed by atoms with Crippen molar-refractivity contribution in [2.24, 2.45) is 11.1 Å². The summed E-state index contributed by atoms with van der Waals surface area (Å²) in [5, 5.41) is 8.29. The first kappa shape index (κ1) is 12.0. The Kier molecular flexibility index (Phi) is 3.38. The molecule has 0 aliphatic rings. The SMILES string of the molecule is CC(C)(CCN)CCc1nnc2cnccn12. The highest BCUT2D eigenvalue weighted by molar-refractivity contribution is 5.33. The molecule has 2 N–H and O–H groups in total. The van der Waals surface area contributed by atoms with E-state index in [-0.39, 0.29) is 5.41 Å². The smallest absolute Gasteiger partial charge is 0.179 e. The Hall–Kier alpha value is -1.49. The monoisotopic (exact) mass is 233 g/mol. The van der Waals surface area contributed by atoms with Crippen molar-refractivity contribution in [3.8, 4) is 0 Å². The van der Waals surface area contributed by atoms with E-state index in [4.69, 9.17) is 5.73 Å². The summed E-state index contributed by atoms with van der Waals surface area (Å²) in [5.74, 6) is 0.993. The lowest BCUT2D eigenvalue weighted by Crippen LogP contribution is -2.18. The summed E-state index contributed by atoms with van der Waals surface area (Å²) >= 11 is 0. The summed E-state index contributed by atoms with van der Waals surface area (Å²) in [5.41, 5.74) is 6.68. The minimum absolute atomic E-state index is 0.258. The molecule has 0 aromatic carbocycles. The molecule has 0 amide bonds. The van der Waals surface area contributed by atoms with Crippen LogP contribution in [0.1, 0.15) is 32.5 Å². The zero-order valence-corrected chi connectivity index (χ0v) is 10.4. The number of nitrogens with two attached hydrogens (primary N) is 1. The molecule has 0 spiro atoms. The summed E-state index contributed by atoms with van der Waals surface area (Å²) in [6, 6.07) is 0. The van der Waals surface area contributed by atoms with Crippen molar-refractivity contribution in [3.05, 3.63) is 24.4 Å². The van der Waals surface area contributed by atoms with Crippen molar-refractivity contribution in [2.75, 3.05) is 6.54 Å². The maximum absolute atomic E-state index is 5.61. The number of nitrogens with zero attached hydrogens (tertiary/aromatic N) is 4. The lowest BCUT2D eigenvalue weighted by molar-refractivity contribution is 0.310. The lowest BCUT2D eigenvalue weighted by Gasteiger charge is -2.23. The van der Waals surface area contributed by atoms with Gasteiger partial charge < -0.3 is 5.73 Å². The predicted molar refractivity (Wildman–Crippen MR) is 66.6 cm³/mol. The first-order valence-corrected chi connectivity index (χ1v) is 5.96. The summed E-state index contributed by atoms with van der Waals surface area (Å²) in [6.07, 6.45) is 8.39. The molecular weight excluding hydrogens is 214 g/mol. The molecule has 5 nitrogen and oxygen atoms in total. The number of hydrogen-bond donors (Lipinski definition) is 1. The molecule has 17 heavy (non-hydrogen) atoms. The highest BCUT2D eigenvalue weighted by Gasteiger charge is 2.18. The van der Waals surface area contributed by atoms with Gasteiger partial charge in [0.25, 0.3) is 0 Å². The molecule has 0 radical (unpaired) electrons. The van der Waals surface area contributed by atoms with Crippen LogP contribution in [0.5, 0.6) is 0 Å². The summed E-state index contributed by atoms with van der Waals surface area (Å²) in [4.78, 5) is 4.02. The molecule has 2 rings (SSSR count). The highest BCUT2D eigenvalue weighted by Crippen LogP contribution is 2.25. The fourth-order valence-corrected chi connectivity index (χ4v) is 1.94. The van der Waals surface area contributed by atoms with Crippen LogP contribution >= 0.6 is 0 Å². The maximum atomic E-state index is 5.61. The summed E-state index contributed by atoms with van der Waals surface area (Å²) in [7, 11) is 0. The van der Waals surface area contributed by atoms with Gasteiger partial charge in [0.1, 0.15) is 5.82 Å². The zero-order chi connectivity index (χ0) is 12.3. The van der Waals surface area contributed by atoms with Gasteiger partial charge >= 0.3 is 0 Å². The average Bonchev–Trinajstić information content (AvgIpc) is 2.70. The van der Waals surface area contributed by atoms with Gasteiger partial charge in [-0.25, -0.2) is 0 Å². The normalized spacial score (nSPS) is 12.2. The quantitative estimate of drug-likeness (QED) is 0.848. The lowest BCUT2D eigenvalue weighted by atomic mass is 9.84. The van der Waals surface area contributed by atoms with Crippen LogP contribution in [-0.2, 0) is 6.42 Å². The molecule has 2 aromatic rings. The summed E-state index contributed by atoms with van der Waals surface area (Å²) in [6.45, 7) is 5.22. The van der Waals surface area contributed by atoms with Crippen LogP contribution in [0.2, 0.25) is 0 Å². The molecule has 0 bridgehead atoms. The van der Waals surface area contributed by atoms with E-state index in [2.05, 4.69) is 29.0 Å². The molecule has 2 aromatic heterocycles. The Morgan fingerprint density at radius 3 is 2.88 bits per heavy atom. The number of aromatic nitrogens is 4. The van der Waals surface area contributed by atoms with Gasteiger partial charge in [-0.15, -0.1) is 10.2 Å². The van der Waals surface area contributed by atoms with Crippen LogP contribution in [0.25, 0.3) is 5.65 Å². The number of hydrogen-bond acceptors (Lipinski definition) is 4. The average molecular weight is 233 g/mol. The van der Waals surface area contributed by atoms with Gasteiger partial charge in [-0.3, -0.25) is 9.38 Å². The largest absolute Gasteiger partial charge is 0.330 e. The van der Waals surface area contributed by atoms with Crippen LogP contribution in [0, 0.1) is 5.41 Å². The first-order valence-electron chi connectivity index (χ1n) is 5.96. The Morgan fingerprint density at radius 2 is 2.12 bits per heavy atom. The van der Waals surface area contributed by atoms with E-state index >= 15 is 0 Å². The molecule has 0 aliphatic carbocycles. The third-order valence-electron chi connectivity index (χ3n) is 3.13. The standard InChI is InChI=1S/C12H19N5/c1-12(2,5-6-13)4-3-10-15-16-11-9-14-7-8-17(10)11/h7-9H,3-6,13H2,1-2H3. The van der Waals surface area contributed by atoms with Gasteiger partial charge in [-0.1, -0.05) is 13.8 Å². The van der Waals surface area contributed by atoms with Gasteiger partial charge in [0.15, 0.2) is 5.65 Å². The fraction of sp³-hybridized carbons (Fsp3) is 0.583. The van der Waals surface area contributed by atoms with Gasteiger partial charge in [-0.05, 0) is 24.8 Å². The van der Waals surface area contributed by atoms with Crippen molar-refractivity contribution >= 4 is 5.65 Å². The van der Waals surface area contributed by atoms with Crippen LogP contribution < -0.4 is 5.73 Å². The molecule has 0 aliphatic heterocycles. The zero-order valence-electron chi connectivity index (χ0n) is 10.4. The third kappa shape index (κ3) is 2.79. The van der Waals surface area contributed by atoms with Crippen LogP contribution in [0.3, 0.4) is 0 Å². The Balaban J connectivity index is 2.09. The minimum Gasteiger partial charge on any atom is -0.330 e. The van der Waals surface area contributed by atoms with Gasteiger partial charge in [0.05, 0.1) is 6.20 Å². The van der Waals surface area contributed by atoms with Crippen molar-refractivity contribution in [3.63, 3.8) is 0 Å². The van der Waals surface area contributed by atoms with E-state index in [1.807, 2.05) is 10.6 Å². The topological polar surface area (TPSA) is 69.1 Å². The minimum atomic E-state index is 0.258. The van der Waals surface area contributed by atoms with Gasteiger partial charge in [-0.2, -0.15) is 0 Å². The van der Waals surface area contributed by atoms with Crippen LogP contribution in [0.4, 0.5) is 0 Å². The van der Waals surface area contributed by atoms with Crippen LogP contribution in [0.15, 0.2) is 18.6 Å².